The Morgan fingerprint density at radius 2 is 1.91 bits per heavy atom. The SMILES string of the molecule is CCCN1CCc2c(sc(Nc3nc4c(F)cccc4s3)c2-c2nc3ccccc3s2)C1. The molecule has 0 aliphatic carbocycles. The van der Waals surface area contributed by atoms with Crippen LogP contribution in [-0.2, 0) is 13.0 Å². The number of thiazole rings is 2. The summed E-state index contributed by atoms with van der Waals surface area (Å²) < 4.78 is 16.3. The molecule has 0 amide bonds. The lowest BCUT2D eigenvalue weighted by molar-refractivity contribution is 0.258. The number of hydrogen-bond donors (Lipinski definition) is 1. The summed E-state index contributed by atoms with van der Waals surface area (Å²) in [6.07, 6.45) is 2.18. The summed E-state index contributed by atoms with van der Waals surface area (Å²) in [5.74, 6) is -0.279. The molecule has 1 N–H and O–H groups in total. The second-order valence-electron chi connectivity index (χ2n) is 7.95. The van der Waals surface area contributed by atoms with Gasteiger partial charge in [-0.25, -0.2) is 14.4 Å². The van der Waals surface area contributed by atoms with Crippen molar-refractivity contribution < 1.29 is 4.39 Å². The van der Waals surface area contributed by atoms with Gasteiger partial charge in [0.25, 0.3) is 0 Å². The highest BCUT2D eigenvalue weighted by Crippen LogP contribution is 2.47. The van der Waals surface area contributed by atoms with Gasteiger partial charge in [0.1, 0.15) is 21.3 Å². The third-order valence-electron chi connectivity index (χ3n) is 5.77. The lowest BCUT2D eigenvalue weighted by atomic mass is 10.0. The van der Waals surface area contributed by atoms with Crippen LogP contribution in [0.5, 0.6) is 0 Å². The molecule has 1 aliphatic heterocycles. The van der Waals surface area contributed by atoms with E-state index in [-0.39, 0.29) is 5.82 Å². The number of para-hydroxylation sites is 2. The summed E-state index contributed by atoms with van der Waals surface area (Å²) in [5.41, 5.74) is 4.05. The third kappa shape index (κ3) is 3.51. The minimum atomic E-state index is -0.279. The molecule has 0 unspecified atom stereocenters. The van der Waals surface area contributed by atoms with E-state index in [1.807, 2.05) is 12.1 Å². The Morgan fingerprint density at radius 3 is 2.75 bits per heavy atom. The first-order valence-electron chi connectivity index (χ1n) is 10.7. The average Bonchev–Trinajstić information content (AvgIpc) is 3.48. The first-order valence-corrected chi connectivity index (χ1v) is 13.2. The second-order valence-corrected chi connectivity index (χ2v) is 11.1. The zero-order valence-electron chi connectivity index (χ0n) is 17.5. The number of benzene rings is 2. The number of hydrogen-bond acceptors (Lipinski definition) is 7. The highest BCUT2D eigenvalue weighted by molar-refractivity contribution is 7.24. The average molecular weight is 481 g/mol. The van der Waals surface area contributed by atoms with E-state index in [0.29, 0.717) is 5.52 Å². The molecular weight excluding hydrogens is 459 g/mol. The van der Waals surface area contributed by atoms with E-state index in [1.165, 1.54) is 38.1 Å². The number of nitrogens with one attached hydrogen (secondary N) is 1. The predicted octanol–water partition coefficient (Wildman–Crippen LogP) is 7.29. The summed E-state index contributed by atoms with van der Waals surface area (Å²) in [6, 6.07) is 13.4. The van der Waals surface area contributed by atoms with Crippen molar-refractivity contribution in [3.8, 4) is 10.6 Å². The van der Waals surface area contributed by atoms with Crippen LogP contribution in [0.4, 0.5) is 14.5 Å². The molecule has 6 rings (SSSR count). The van der Waals surface area contributed by atoms with Crippen LogP contribution >= 0.6 is 34.0 Å². The van der Waals surface area contributed by atoms with Crippen LogP contribution in [-0.4, -0.2) is 28.0 Å². The largest absolute Gasteiger partial charge is 0.323 e. The van der Waals surface area contributed by atoms with Crippen molar-refractivity contribution in [1.29, 1.82) is 0 Å². The van der Waals surface area contributed by atoms with Crippen LogP contribution in [0.3, 0.4) is 0 Å². The maximum Gasteiger partial charge on any atom is 0.189 e. The molecule has 0 atom stereocenters. The van der Waals surface area contributed by atoms with E-state index >= 15 is 0 Å². The number of halogens is 1. The van der Waals surface area contributed by atoms with Gasteiger partial charge in [-0.1, -0.05) is 36.5 Å². The van der Waals surface area contributed by atoms with Crippen molar-refractivity contribution in [2.45, 2.75) is 26.3 Å². The van der Waals surface area contributed by atoms with Gasteiger partial charge >= 0.3 is 0 Å². The quantitative estimate of drug-likeness (QED) is 0.287. The van der Waals surface area contributed by atoms with E-state index in [4.69, 9.17) is 4.98 Å². The van der Waals surface area contributed by atoms with E-state index < -0.39 is 0 Å². The Morgan fingerprint density at radius 1 is 1.03 bits per heavy atom. The summed E-state index contributed by atoms with van der Waals surface area (Å²) in [5, 5.41) is 6.37. The standard InChI is InChI=1S/C24H21FN4S3/c1-2-11-29-12-10-14-19(13-29)31-23(20(14)22-26-16-7-3-4-8-17(16)30-22)28-24-27-21-15(25)6-5-9-18(21)32-24/h3-9H,2,10-13H2,1H3,(H,27,28). The van der Waals surface area contributed by atoms with Gasteiger partial charge in [-0.3, -0.25) is 4.90 Å². The molecule has 4 nitrogen and oxygen atoms in total. The van der Waals surface area contributed by atoms with Gasteiger partial charge in [0.15, 0.2) is 5.13 Å². The zero-order valence-corrected chi connectivity index (χ0v) is 20.0. The fourth-order valence-corrected chi connectivity index (χ4v) is 7.67. The summed E-state index contributed by atoms with van der Waals surface area (Å²) >= 11 is 5.01. The van der Waals surface area contributed by atoms with Crippen LogP contribution in [0.25, 0.3) is 31.0 Å². The number of thiophene rings is 1. The minimum Gasteiger partial charge on any atom is -0.323 e. The second kappa shape index (κ2) is 8.19. The molecule has 0 radical (unpaired) electrons. The first kappa shape index (κ1) is 20.2. The van der Waals surface area contributed by atoms with Crippen molar-refractivity contribution in [3.05, 3.63) is 58.7 Å². The fourth-order valence-electron chi connectivity index (χ4n) is 4.32. The maximum absolute atomic E-state index is 14.2. The Hall–Kier alpha value is -2.39. The lowest BCUT2D eigenvalue weighted by Crippen LogP contribution is -2.30. The smallest absolute Gasteiger partial charge is 0.189 e. The van der Waals surface area contributed by atoms with Gasteiger partial charge in [0.2, 0.25) is 0 Å². The van der Waals surface area contributed by atoms with Crippen LogP contribution in [0.2, 0.25) is 0 Å². The Kier molecular flexibility index (Phi) is 5.18. The molecule has 4 heterocycles. The first-order chi connectivity index (χ1) is 15.7. The van der Waals surface area contributed by atoms with E-state index in [1.54, 1.807) is 28.7 Å². The summed E-state index contributed by atoms with van der Waals surface area (Å²) in [4.78, 5) is 13.4. The Balaban J connectivity index is 1.46. The van der Waals surface area contributed by atoms with Crippen LogP contribution in [0, 0.1) is 5.82 Å². The number of rotatable bonds is 5. The van der Waals surface area contributed by atoms with Crippen molar-refractivity contribution in [2.24, 2.45) is 0 Å². The molecule has 0 fully saturated rings. The maximum atomic E-state index is 14.2. The number of aromatic nitrogens is 2. The molecule has 0 spiro atoms. The minimum absolute atomic E-state index is 0.279. The highest BCUT2D eigenvalue weighted by Gasteiger charge is 2.27. The molecule has 2 aromatic carbocycles. The van der Waals surface area contributed by atoms with Gasteiger partial charge in [0.05, 0.1) is 14.9 Å². The van der Waals surface area contributed by atoms with Crippen molar-refractivity contribution in [3.63, 3.8) is 0 Å². The summed E-state index contributed by atoms with van der Waals surface area (Å²) in [7, 11) is 0. The van der Waals surface area contributed by atoms with Crippen LogP contribution < -0.4 is 5.32 Å². The molecule has 1 aliphatic rings. The molecule has 8 heteroatoms. The van der Waals surface area contributed by atoms with Crippen LogP contribution in [0.15, 0.2) is 42.5 Å². The molecule has 5 aromatic rings. The van der Waals surface area contributed by atoms with E-state index in [2.05, 4.69) is 40.3 Å². The molecule has 32 heavy (non-hydrogen) atoms. The normalized spacial score (nSPS) is 14.3. The monoisotopic (exact) mass is 480 g/mol. The molecule has 3 aromatic heterocycles. The van der Waals surface area contributed by atoms with Gasteiger partial charge < -0.3 is 5.32 Å². The number of nitrogens with zero attached hydrogens (tertiary/aromatic N) is 3. The number of anilines is 2. The molecule has 0 saturated heterocycles. The molecular formula is C24H21FN4S3. The van der Waals surface area contributed by atoms with Gasteiger partial charge in [-0.2, -0.15) is 0 Å². The molecule has 0 bridgehead atoms. The molecule has 0 saturated carbocycles. The Labute approximate surface area is 197 Å². The fraction of sp³-hybridized carbons (Fsp3) is 0.250. The third-order valence-corrected chi connectivity index (χ3v) is 8.90. The van der Waals surface area contributed by atoms with Crippen molar-refractivity contribution in [1.82, 2.24) is 14.9 Å². The van der Waals surface area contributed by atoms with Crippen molar-refractivity contribution >= 4 is 64.6 Å². The highest BCUT2D eigenvalue weighted by atomic mass is 32.1. The Bertz CT molecular complexity index is 1400. The lowest BCUT2D eigenvalue weighted by Gasteiger charge is -2.26. The number of fused-ring (bicyclic) bond motifs is 3. The van der Waals surface area contributed by atoms with E-state index in [9.17, 15) is 4.39 Å². The van der Waals surface area contributed by atoms with Crippen LogP contribution in [0.1, 0.15) is 23.8 Å². The van der Waals surface area contributed by atoms with Gasteiger partial charge in [-0.15, -0.1) is 22.7 Å². The predicted molar refractivity (Wildman–Crippen MR) is 135 cm³/mol. The topological polar surface area (TPSA) is 41.0 Å². The van der Waals surface area contributed by atoms with Gasteiger partial charge in [0, 0.05) is 23.5 Å². The van der Waals surface area contributed by atoms with Crippen molar-refractivity contribution in [2.75, 3.05) is 18.4 Å². The zero-order chi connectivity index (χ0) is 21.7. The molecule has 162 valence electrons. The van der Waals surface area contributed by atoms with E-state index in [0.717, 1.165) is 57.8 Å². The van der Waals surface area contributed by atoms with Gasteiger partial charge in [-0.05, 0) is 49.2 Å². The summed E-state index contributed by atoms with van der Waals surface area (Å²) in [6.45, 7) is 5.40.